The van der Waals surface area contributed by atoms with Crippen molar-refractivity contribution in [3.8, 4) is 0 Å². The summed E-state index contributed by atoms with van der Waals surface area (Å²) in [5.74, 6) is -1.02. The molecule has 0 radical (unpaired) electrons. The van der Waals surface area contributed by atoms with Crippen LogP contribution in [0.2, 0.25) is 0 Å². The van der Waals surface area contributed by atoms with Gasteiger partial charge in [-0.1, -0.05) is 30.3 Å². The van der Waals surface area contributed by atoms with Gasteiger partial charge in [0.05, 0.1) is 11.8 Å². The number of aliphatic carboxylic acids is 1. The number of carboxylic acid groups (broad SMARTS) is 1. The van der Waals surface area contributed by atoms with Gasteiger partial charge in [-0.3, -0.25) is 9.48 Å². The van der Waals surface area contributed by atoms with E-state index in [9.17, 15) is 14.7 Å². The van der Waals surface area contributed by atoms with Gasteiger partial charge in [0.2, 0.25) is 0 Å². The lowest BCUT2D eigenvalue weighted by atomic mass is 10.1. The molecule has 1 unspecified atom stereocenters. The predicted octanol–water partition coefficient (Wildman–Crippen LogP) is 1.37. The fourth-order valence-electron chi connectivity index (χ4n) is 1.60. The number of rotatable bonds is 4. The van der Waals surface area contributed by atoms with Crippen LogP contribution in [0.15, 0.2) is 42.7 Å². The van der Waals surface area contributed by atoms with Crippen LogP contribution in [0.3, 0.4) is 0 Å². The quantitative estimate of drug-likeness (QED) is 0.805. The second-order valence-electron chi connectivity index (χ2n) is 3.52. The van der Waals surface area contributed by atoms with Gasteiger partial charge in [-0.15, -0.1) is 0 Å². The van der Waals surface area contributed by atoms with Crippen molar-refractivity contribution in [3.05, 3.63) is 53.9 Å². The molecule has 1 heterocycles. The summed E-state index contributed by atoms with van der Waals surface area (Å²) in [4.78, 5) is 21.8. The fraction of sp³-hybridized carbons (Fsp3) is 0.0833. The molecule has 1 N–H and O–H groups in total. The number of aldehydes is 1. The third-order valence-corrected chi connectivity index (χ3v) is 2.37. The van der Waals surface area contributed by atoms with Gasteiger partial charge in [-0.2, -0.15) is 5.10 Å². The highest BCUT2D eigenvalue weighted by Gasteiger charge is 2.22. The van der Waals surface area contributed by atoms with Gasteiger partial charge in [0.15, 0.2) is 12.3 Å². The van der Waals surface area contributed by atoms with Crippen molar-refractivity contribution in [1.82, 2.24) is 9.78 Å². The zero-order chi connectivity index (χ0) is 12.3. The minimum absolute atomic E-state index is 0.354. The molecule has 2 rings (SSSR count). The van der Waals surface area contributed by atoms with E-state index in [0.717, 1.165) is 0 Å². The molecule has 0 fully saturated rings. The van der Waals surface area contributed by atoms with Crippen LogP contribution in [0.25, 0.3) is 0 Å². The molecule has 0 aliphatic heterocycles. The number of aromatic nitrogens is 2. The highest BCUT2D eigenvalue weighted by molar-refractivity contribution is 5.77. The Morgan fingerprint density at radius 1 is 1.35 bits per heavy atom. The van der Waals surface area contributed by atoms with Crippen LogP contribution in [0.4, 0.5) is 0 Å². The van der Waals surface area contributed by atoms with Gasteiger partial charge in [-0.25, -0.2) is 4.79 Å². The highest BCUT2D eigenvalue weighted by atomic mass is 16.4. The van der Waals surface area contributed by atoms with Crippen LogP contribution < -0.4 is 0 Å². The number of nitrogens with zero attached hydrogens (tertiary/aromatic N) is 2. The van der Waals surface area contributed by atoms with Crippen molar-refractivity contribution in [1.29, 1.82) is 0 Å². The number of carbonyl (C=O) groups excluding carboxylic acids is 1. The zero-order valence-electron chi connectivity index (χ0n) is 8.85. The average molecular weight is 230 g/mol. The molecule has 0 bridgehead atoms. The molecule has 1 atom stereocenters. The summed E-state index contributed by atoms with van der Waals surface area (Å²) in [6, 6.07) is 7.83. The first kappa shape index (κ1) is 11.1. The third-order valence-electron chi connectivity index (χ3n) is 2.37. The summed E-state index contributed by atoms with van der Waals surface area (Å²) in [5.41, 5.74) is 0.965. The molecule has 0 amide bonds. The van der Waals surface area contributed by atoms with Crippen molar-refractivity contribution in [2.45, 2.75) is 6.04 Å². The van der Waals surface area contributed by atoms with Gasteiger partial charge in [0.1, 0.15) is 0 Å². The van der Waals surface area contributed by atoms with Crippen LogP contribution in [0.5, 0.6) is 0 Å². The number of carboxylic acids is 1. The largest absolute Gasteiger partial charge is 0.479 e. The number of benzene rings is 1. The van der Waals surface area contributed by atoms with Gasteiger partial charge in [0, 0.05) is 6.20 Å². The molecule has 0 aliphatic rings. The van der Waals surface area contributed by atoms with E-state index in [1.54, 1.807) is 24.3 Å². The second kappa shape index (κ2) is 4.61. The van der Waals surface area contributed by atoms with Crippen molar-refractivity contribution in [2.75, 3.05) is 0 Å². The molecule has 17 heavy (non-hydrogen) atoms. The second-order valence-corrected chi connectivity index (χ2v) is 3.52. The van der Waals surface area contributed by atoms with E-state index in [4.69, 9.17) is 0 Å². The van der Waals surface area contributed by atoms with E-state index >= 15 is 0 Å². The standard InChI is InChI=1S/C12H10N2O3/c15-8-9-6-13-14(7-9)11(12(16)17)10-4-2-1-3-5-10/h1-8,11H,(H,16,17). The molecule has 86 valence electrons. The van der Waals surface area contributed by atoms with E-state index < -0.39 is 12.0 Å². The highest BCUT2D eigenvalue weighted by Crippen LogP contribution is 2.17. The first-order valence-corrected chi connectivity index (χ1v) is 4.99. The molecular formula is C12H10N2O3. The lowest BCUT2D eigenvalue weighted by molar-refractivity contribution is -0.139. The van der Waals surface area contributed by atoms with E-state index in [2.05, 4.69) is 5.10 Å². The Kier molecular flexibility index (Phi) is 3.00. The minimum Gasteiger partial charge on any atom is -0.479 e. The van der Waals surface area contributed by atoms with E-state index in [-0.39, 0.29) is 0 Å². The van der Waals surface area contributed by atoms with Crippen LogP contribution >= 0.6 is 0 Å². The molecule has 0 saturated carbocycles. The topological polar surface area (TPSA) is 72.2 Å². The van der Waals surface area contributed by atoms with Gasteiger partial charge >= 0.3 is 5.97 Å². The molecule has 2 aromatic rings. The number of hydrogen-bond acceptors (Lipinski definition) is 3. The summed E-state index contributed by atoms with van der Waals surface area (Å²) in [5, 5.41) is 13.1. The SMILES string of the molecule is O=Cc1cnn(C(C(=O)O)c2ccccc2)c1. The Morgan fingerprint density at radius 2 is 2.06 bits per heavy atom. The Morgan fingerprint density at radius 3 is 2.59 bits per heavy atom. The maximum absolute atomic E-state index is 11.2. The zero-order valence-corrected chi connectivity index (χ0v) is 8.85. The van der Waals surface area contributed by atoms with Crippen LogP contribution in [0.1, 0.15) is 22.0 Å². The summed E-state index contributed by atoms with van der Waals surface area (Å²) >= 11 is 0. The summed E-state index contributed by atoms with van der Waals surface area (Å²) in [6.45, 7) is 0. The molecule has 0 saturated heterocycles. The normalized spacial score (nSPS) is 12.0. The van der Waals surface area contributed by atoms with E-state index in [0.29, 0.717) is 17.4 Å². The Balaban J connectivity index is 2.42. The van der Waals surface area contributed by atoms with E-state index in [1.165, 1.54) is 17.1 Å². The lowest BCUT2D eigenvalue weighted by Crippen LogP contribution is -2.20. The third kappa shape index (κ3) is 2.23. The predicted molar refractivity (Wildman–Crippen MR) is 59.8 cm³/mol. The maximum atomic E-state index is 11.2. The fourth-order valence-corrected chi connectivity index (χ4v) is 1.60. The molecule has 0 aliphatic carbocycles. The maximum Gasteiger partial charge on any atom is 0.333 e. The monoisotopic (exact) mass is 230 g/mol. The molecule has 5 heteroatoms. The molecule has 5 nitrogen and oxygen atoms in total. The number of carbonyl (C=O) groups is 2. The summed E-state index contributed by atoms with van der Waals surface area (Å²) < 4.78 is 1.27. The lowest BCUT2D eigenvalue weighted by Gasteiger charge is -2.12. The average Bonchev–Trinajstić information content (AvgIpc) is 2.79. The molecule has 1 aromatic carbocycles. The smallest absolute Gasteiger partial charge is 0.333 e. The molecular weight excluding hydrogens is 220 g/mol. The van der Waals surface area contributed by atoms with Crippen LogP contribution in [0, 0.1) is 0 Å². The van der Waals surface area contributed by atoms with Crippen LogP contribution in [-0.4, -0.2) is 27.1 Å². The Hall–Kier alpha value is -2.43. The first-order chi connectivity index (χ1) is 8.22. The summed E-state index contributed by atoms with van der Waals surface area (Å²) in [6.07, 6.45) is 3.39. The van der Waals surface area contributed by atoms with Crippen molar-refractivity contribution in [3.63, 3.8) is 0 Å². The van der Waals surface area contributed by atoms with Gasteiger partial charge in [0.25, 0.3) is 0 Å². The Labute approximate surface area is 97.3 Å². The van der Waals surface area contributed by atoms with Crippen molar-refractivity contribution in [2.24, 2.45) is 0 Å². The molecule has 0 spiro atoms. The Bertz CT molecular complexity index is 534. The minimum atomic E-state index is -1.02. The van der Waals surface area contributed by atoms with Gasteiger partial charge in [-0.05, 0) is 5.56 Å². The summed E-state index contributed by atoms with van der Waals surface area (Å²) in [7, 11) is 0. The van der Waals surface area contributed by atoms with Crippen LogP contribution in [-0.2, 0) is 4.79 Å². The molecule has 1 aromatic heterocycles. The van der Waals surface area contributed by atoms with Gasteiger partial charge < -0.3 is 5.11 Å². The first-order valence-electron chi connectivity index (χ1n) is 4.99. The van der Waals surface area contributed by atoms with Crippen molar-refractivity contribution < 1.29 is 14.7 Å². The van der Waals surface area contributed by atoms with Crippen molar-refractivity contribution >= 4 is 12.3 Å². The van der Waals surface area contributed by atoms with E-state index in [1.807, 2.05) is 6.07 Å². The number of hydrogen-bond donors (Lipinski definition) is 1.